The van der Waals surface area contributed by atoms with Crippen molar-refractivity contribution in [2.24, 2.45) is 12.8 Å². The Bertz CT molecular complexity index is 687. The highest BCUT2D eigenvalue weighted by Gasteiger charge is 2.18. The molecule has 0 aliphatic rings. The van der Waals surface area contributed by atoms with E-state index in [1.807, 2.05) is 13.2 Å². The number of rotatable bonds is 8. The number of hydrogen-bond acceptors (Lipinski definition) is 4. The lowest BCUT2D eigenvalue weighted by Crippen LogP contribution is -2.29. The number of halogens is 1. The molecule has 0 aliphatic carbocycles. The molecule has 24 heavy (non-hydrogen) atoms. The summed E-state index contributed by atoms with van der Waals surface area (Å²) in [5.74, 6) is -0.366. The van der Waals surface area contributed by atoms with Gasteiger partial charge in [-0.05, 0) is 43.1 Å². The zero-order valence-electron chi connectivity index (χ0n) is 14.0. The Morgan fingerprint density at radius 2 is 2.25 bits per heavy atom. The molecule has 1 aromatic heterocycles. The molecule has 6 nitrogen and oxygen atoms in total. The quantitative estimate of drug-likeness (QED) is 0.744. The molecule has 0 unspecified atom stereocenters. The highest BCUT2D eigenvalue weighted by atomic mass is 19.1. The van der Waals surface area contributed by atoms with Crippen LogP contribution in [0.5, 0.6) is 5.75 Å². The number of ether oxygens (including phenoxy) is 1. The number of nitrogens with zero attached hydrogens (tertiary/aromatic N) is 3. The monoisotopic (exact) mass is 334 g/mol. The molecule has 2 rings (SSSR count). The van der Waals surface area contributed by atoms with Gasteiger partial charge in [-0.15, -0.1) is 0 Å². The summed E-state index contributed by atoms with van der Waals surface area (Å²) in [7, 11) is 3.53. The molecule has 0 saturated carbocycles. The largest absolute Gasteiger partial charge is 0.493 e. The van der Waals surface area contributed by atoms with Gasteiger partial charge in [0.1, 0.15) is 11.6 Å². The van der Waals surface area contributed by atoms with Gasteiger partial charge in [0.25, 0.3) is 5.91 Å². The number of nitrogens with two attached hydrogens (primary N) is 1. The van der Waals surface area contributed by atoms with E-state index in [1.54, 1.807) is 22.8 Å². The van der Waals surface area contributed by atoms with Gasteiger partial charge in [-0.1, -0.05) is 0 Å². The normalized spacial score (nSPS) is 10.7. The molecule has 0 fully saturated rings. The highest BCUT2D eigenvalue weighted by Crippen LogP contribution is 2.21. The van der Waals surface area contributed by atoms with Crippen LogP contribution in [0.15, 0.2) is 30.6 Å². The van der Waals surface area contributed by atoms with E-state index in [4.69, 9.17) is 10.5 Å². The van der Waals surface area contributed by atoms with E-state index in [9.17, 15) is 9.18 Å². The Kier molecular flexibility index (Phi) is 6.31. The molecule has 0 radical (unpaired) electrons. The fraction of sp³-hybridized carbons (Fsp3) is 0.412. The molecule has 2 N–H and O–H groups in total. The van der Waals surface area contributed by atoms with Crippen LogP contribution < -0.4 is 10.5 Å². The molecule has 7 heteroatoms. The Labute approximate surface area is 141 Å². The molecule has 0 atom stereocenters. The Morgan fingerprint density at radius 3 is 2.92 bits per heavy atom. The maximum Gasteiger partial charge on any atom is 0.257 e. The van der Waals surface area contributed by atoms with Crippen molar-refractivity contribution in [3.63, 3.8) is 0 Å². The van der Waals surface area contributed by atoms with Crippen LogP contribution in [0.4, 0.5) is 4.39 Å². The summed E-state index contributed by atoms with van der Waals surface area (Å²) in [6, 6.07) is 3.97. The van der Waals surface area contributed by atoms with Crippen LogP contribution >= 0.6 is 0 Å². The number of hydrogen-bond donors (Lipinski definition) is 1. The van der Waals surface area contributed by atoms with Crippen LogP contribution in [0.1, 0.15) is 22.3 Å². The number of carbonyl (C=O) groups is 1. The molecule has 0 bridgehead atoms. The fourth-order valence-electron chi connectivity index (χ4n) is 2.27. The topological polar surface area (TPSA) is 73.4 Å². The van der Waals surface area contributed by atoms with Crippen LogP contribution in [0.3, 0.4) is 0 Å². The third-order valence-electron chi connectivity index (χ3n) is 3.62. The zero-order valence-corrected chi connectivity index (χ0v) is 14.0. The predicted octanol–water partition coefficient (Wildman–Crippen LogP) is 1.60. The average Bonchev–Trinajstić information content (AvgIpc) is 2.99. The van der Waals surface area contributed by atoms with E-state index in [2.05, 4.69) is 5.10 Å². The van der Waals surface area contributed by atoms with Crippen LogP contribution in [0.2, 0.25) is 0 Å². The minimum atomic E-state index is -0.467. The molecule has 0 spiro atoms. The third-order valence-corrected chi connectivity index (χ3v) is 3.62. The minimum Gasteiger partial charge on any atom is -0.493 e. The van der Waals surface area contributed by atoms with Crippen molar-refractivity contribution in [1.29, 1.82) is 0 Å². The van der Waals surface area contributed by atoms with E-state index < -0.39 is 5.82 Å². The van der Waals surface area contributed by atoms with Gasteiger partial charge in [-0.25, -0.2) is 4.39 Å². The van der Waals surface area contributed by atoms with Crippen molar-refractivity contribution in [2.75, 3.05) is 26.7 Å². The van der Waals surface area contributed by atoms with Crippen LogP contribution in [-0.4, -0.2) is 47.3 Å². The van der Waals surface area contributed by atoms with E-state index in [1.165, 1.54) is 18.2 Å². The van der Waals surface area contributed by atoms with Gasteiger partial charge in [0.15, 0.2) is 0 Å². The summed E-state index contributed by atoms with van der Waals surface area (Å²) in [5.41, 5.74) is 6.70. The Balaban J connectivity index is 2.04. The van der Waals surface area contributed by atoms with E-state index in [-0.39, 0.29) is 11.5 Å². The van der Waals surface area contributed by atoms with Crippen molar-refractivity contribution in [1.82, 2.24) is 14.7 Å². The minimum absolute atomic E-state index is 0.223. The maximum atomic E-state index is 13.6. The summed E-state index contributed by atoms with van der Waals surface area (Å²) >= 11 is 0. The molecule has 0 saturated heterocycles. The second-order valence-corrected chi connectivity index (χ2v) is 5.63. The Hall–Kier alpha value is -2.41. The van der Waals surface area contributed by atoms with Crippen molar-refractivity contribution in [2.45, 2.75) is 12.8 Å². The third kappa shape index (κ3) is 4.79. The summed E-state index contributed by atoms with van der Waals surface area (Å²) in [6.45, 7) is 1.39. The summed E-state index contributed by atoms with van der Waals surface area (Å²) in [5, 5.41) is 4.10. The van der Waals surface area contributed by atoms with Crippen molar-refractivity contribution >= 4 is 5.91 Å². The second-order valence-electron chi connectivity index (χ2n) is 5.63. The molecule has 1 aromatic carbocycles. The molecule has 0 aliphatic heterocycles. The highest BCUT2D eigenvalue weighted by molar-refractivity contribution is 5.96. The number of aryl methyl sites for hydroxylation is 1. The van der Waals surface area contributed by atoms with Gasteiger partial charge in [-0.2, -0.15) is 5.10 Å². The standard InChI is InChI=1S/C17H23FN4O2/c1-21(8-6-13-11-20-22(2)12-13)17(23)15-10-14(18)4-5-16(15)24-9-3-7-19/h4-5,10-12H,3,6-9,19H2,1-2H3. The molecule has 2 aromatic rings. The first-order valence-corrected chi connectivity index (χ1v) is 7.86. The second kappa shape index (κ2) is 8.44. The van der Waals surface area contributed by atoms with Gasteiger partial charge in [0.05, 0.1) is 18.4 Å². The molecular formula is C17H23FN4O2. The van der Waals surface area contributed by atoms with Crippen molar-refractivity contribution < 1.29 is 13.9 Å². The first-order chi connectivity index (χ1) is 11.5. The van der Waals surface area contributed by atoms with E-state index >= 15 is 0 Å². The summed E-state index contributed by atoms with van der Waals surface area (Å²) in [6.07, 6.45) is 5.01. The zero-order chi connectivity index (χ0) is 17.5. The lowest BCUT2D eigenvalue weighted by molar-refractivity contribution is 0.0791. The van der Waals surface area contributed by atoms with E-state index in [0.29, 0.717) is 38.3 Å². The number of likely N-dealkylation sites (N-methyl/N-ethyl adjacent to an activating group) is 1. The van der Waals surface area contributed by atoms with Gasteiger partial charge in [-0.3, -0.25) is 9.48 Å². The number of carbonyl (C=O) groups excluding carboxylic acids is 1. The van der Waals surface area contributed by atoms with Gasteiger partial charge in [0.2, 0.25) is 0 Å². The van der Waals surface area contributed by atoms with Crippen molar-refractivity contribution in [3.8, 4) is 5.75 Å². The lowest BCUT2D eigenvalue weighted by Gasteiger charge is -2.19. The van der Waals surface area contributed by atoms with Crippen LogP contribution in [-0.2, 0) is 13.5 Å². The van der Waals surface area contributed by atoms with Gasteiger partial charge in [0, 0.05) is 26.8 Å². The van der Waals surface area contributed by atoms with Crippen LogP contribution in [0.25, 0.3) is 0 Å². The maximum absolute atomic E-state index is 13.6. The van der Waals surface area contributed by atoms with E-state index in [0.717, 1.165) is 5.56 Å². The first-order valence-electron chi connectivity index (χ1n) is 7.86. The fourth-order valence-corrected chi connectivity index (χ4v) is 2.27. The van der Waals surface area contributed by atoms with Crippen LogP contribution in [0, 0.1) is 5.82 Å². The number of aromatic nitrogens is 2. The SMILES string of the molecule is CN(CCc1cnn(C)c1)C(=O)c1cc(F)ccc1OCCCN. The number of benzene rings is 1. The predicted molar refractivity (Wildman–Crippen MR) is 89.4 cm³/mol. The molecule has 130 valence electrons. The number of amides is 1. The summed E-state index contributed by atoms with van der Waals surface area (Å²) in [4.78, 5) is 14.2. The molecule has 1 heterocycles. The molecule has 1 amide bonds. The molecular weight excluding hydrogens is 311 g/mol. The first kappa shape index (κ1) is 17.9. The summed E-state index contributed by atoms with van der Waals surface area (Å²) < 4.78 is 20.8. The Morgan fingerprint density at radius 1 is 1.46 bits per heavy atom. The average molecular weight is 334 g/mol. The van der Waals surface area contributed by atoms with Gasteiger partial charge < -0.3 is 15.4 Å². The van der Waals surface area contributed by atoms with Gasteiger partial charge >= 0.3 is 0 Å². The smallest absolute Gasteiger partial charge is 0.257 e. The van der Waals surface area contributed by atoms with Crippen molar-refractivity contribution in [3.05, 3.63) is 47.5 Å². The lowest BCUT2D eigenvalue weighted by atomic mass is 10.1.